The lowest BCUT2D eigenvalue weighted by atomic mass is 10.1. The van der Waals surface area contributed by atoms with Gasteiger partial charge in [-0.1, -0.05) is 17.3 Å². The maximum Gasteiger partial charge on any atom is 0.113 e. The van der Waals surface area contributed by atoms with Crippen molar-refractivity contribution in [1.82, 2.24) is 15.0 Å². The Labute approximate surface area is 108 Å². The standard InChI is InChI=1S/C12H16N5P/c13-6-1-2-7-17-9-12(14-16-17)10-4-3-5-11(8-10)15-18/h3-5,8-9,18H,1-2,6-7,13H2. The van der Waals surface area contributed by atoms with E-state index >= 15 is 0 Å². The molecule has 0 radical (unpaired) electrons. The highest BCUT2D eigenvalue weighted by atomic mass is 31.0. The van der Waals surface area contributed by atoms with Crippen LogP contribution in [0.2, 0.25) is 0 Å². The second-order valence-electron chi connectivity index (χ2n) is 4.02. The SMILES string of the molecule is NCCCCn1cc(-c2cccc(N=P)c2)nn1. The fraction of sp³-hybridized carbons (Fsp3) is 0.333. The van der Waals surface area contributed by atoms with Gasteiger partial charge in [0.1, 0.15) is 5.69 Å². The molecule has 0 spiro atoms. The van der Waals surface area contributed by atoms with Gasteiger partial charge in [-0.05, 0) is 40.6 Å². The summed E-state index contributed by atoms with van der Waals surface area (Å²) in [4.78, 5) is 0. The molecule has 0 aliphatic carbocycles. The van der Waals surface area contributed by atoms with Crippen molar-refractivity contribution in [3.8, 4) is 11.3 Å². The summed E-state index contributed by atoms with van der Waals surface area (Å²) >= 11 is 0. The first-order valence-corrected chi connectivity index (χ1v) is 6.36. The van der Waals surface area contributed by atoms with E-state index in [1.807, 2.05) is 35.1 Å². The van der Waals surface area contributed by atoms with E-state index in [4.69, 9.17) is 5.73 Å². The maximum atomic E-state index is 5.46. The molecular weight excluding hydrogens is 245 g/mol. The van der Waals surface area contributed by atoms with Crippen molar-refractivity contribution in [3.63, 3.8) is 0 Å². The Bertz CT molecular complexity index is 523. The normalized spacial score (nSPS) is 10.5. The Morgan fingerprint density at radius 1 is 1.33 bits per heavy atom. The van der Waals surface area contributed by atoms with Crippen molar-refractivity contribution >= 4 is 14.7 Å². The van der Waals surface area contributed by atoms with Gasteiger partial charge in [-0.3, -0.25) is 4.68 Å². The van der Waals surface area contributed by atoms with Crippen LogP contribution in [0.4, 0.5) is 5.69 Å². The first kappa shape index (κ1) is 12.9. The number of benzene rings is 1. The first-order valence-electron chi connectivity index (χ1n) is 5.91. The van der Waals surface area contributed by atoms with Crippen molar-refractivity contribution in [1.29, 1.82) is 0 Å². The number of aryl methyl sites for hydroxylation is 1. The molecule has 0 saturated carbocycles. The van der Waals surface area contributed by atoms with E-state index in [1.165, 1.54) is 0 Å². The molecule has 1 heterocycles. The molecule has 1 aromatic heterocycles. The predicted molar refractivity (Wildman–Crippen MR) is 74.1 cm³/mol. The molecule has 0 unspecified atom stereocenters. The van der Waals surface area contributed by atoms with E-state index in [1.54, 1.807) is 0 Å². The van der Waals surface area contributed by atoms with Crippen molar-refractivity contribution < 1.29 is 0 Å². The zero-order chi connectivity index (χ0) is 12.8. The molecule has 0 aliphatic rings. The summed E-state index contributed by atoms with van der Waals surface area (Å²) in [5, 5.41) is 8.27. The van der Waals surface area contributed by atoms with Gasteiger partial charge in [-0.15, -0.1) is 5.10 Å². The van der Waals surface area contributed by atoms with Gasteiger partial charge in [-0.25, -0.2) is 4.74 Å². The van der Waals surface area contributed by atoms with Gasteiger partial charge in [-0.2, -0.15) is 0 Å². The number of unbranched alkanes of at least 4 members (excludes halogenated alkanes) is 1. The van der Waals surface area contributed by atoms with Crippen LogP contribution in [-0.2, 0) is 6.54 Å². The van der Waals surface area contributed by atoms with Gasteiger partial charge in [0.2, 0.25) is 0 Å². The second-order valence-corrected chi connectivity index (χ2v) is 4.25. The number of rotatable bonds is 6. The highest BCUT2D eigenvalue weighted by Crippen LogP contribution is 2.22. The molecule has 0 fully saturated rings. The van der Waals surface area contributed by atoms with E-state index in [2.05, 4.69) is 24.1 Å². The van der Waals surface area contributed by atoms with Gasteiger partial charge in [0.15, 0.2) is 0 Å². The second kappa shape index (κ2) is 6.38. The fourth-order valence-electron chi connectivity index (χ4n) is 1.69. The van der Waals surface area contributed by atoms with Crippen LogP contribution in [0.15, 0.2) is 35.2 Å². The van der Waals surface area contributed by atoms with Crippen molar-refractivity contribution in [2.24, 2.45) is 10.5 Å². The van der Waals surface area contributed by atoms with Gasteiger partial charge in [0, 0.05) is 12.1 Å². The average molecular weight is 261 g/mol. The lowest BCUT2D eigenvalue weighted by Gasteiger charge is -1.98. The van der Waals surface area contributed by atoms with Crippen LogP contribution in [-0.4, -0.2) is 21.5 Å². The third-order valence-electron chi connectivity index (χ3n) is 2.65. The summed E-state index contributed by atoms with van der Waals surface area (Å²) in [7, 11) is 3.13. The first-order chi connectivity index (χ1) is 8.83. The summed E-state index contributed by atoms with van der Waals surface area (Å²) in [5.41, 5.74) is 8.20. The number of hydrogen-bond donors (Lipinski definition) is 1. The van der Waals surface area contributed by atoms with Crippen LogP contribution >= 0.6 is 9.03 Å². The van der Waals surface area contributed by atoms with Crippen LogP contribution in [0.1, 0.15) is 12.8 Å². The van der Waals surface area contributed by atoms with Crippen molar-refractivity contribution in [2.75, 3.05) is 6.54 Å². The molecule has 0 aliphatic heterocycles. The Hall–Kier alpha value is -1.58. The molecule has 2 N–H and O–H groups in total. The predicted octanol–water partition coefficient (Wildman–Crippen LogP) is 2.64. The van der Waals surface area contributed by atoms with Gasteiger partial charge >= 0.3 is 0 Å². The Morgan fingerprint density at radius 3 is 3.00 bits per heavy atom. The highest BCUT2D eigenvalue weighted by molar-refractivity contribution is 7.04. The largest absolute Gasteiger partial charge is 0.330 e. The van der Waals surface area contributed by atoms with Crippen LogP contribution in [0.3, 0.4) is 0 Å². The zero-order valence-electron chi connectivity index (χ0n) is 10.1. The maximum absolute atomic E-state index is 5.46. The molecule has 0 atom stereocenters. The van der Waals surface area contributed by atoms with Crippen molar-refractivity contribution in [3.05, 3.63) is 30.5 Å². The van der Waals surface area contributed by atoms with E-state index in [9.17, 15) is 0 Å². The number of aromatic nitrogens is 3. The summed E-state index contributed by atoms with van der Waals surface area (Å²) in [6.07, 6.45) is 3.98. The van der Waals surface area contributed by atoms with Crippen molar-refractivity contribution in [2.45, 2.75) is 19.4 Å². The van der Waals surface area contributed by atoms with Gasteiger partial charge in [0.25, 0.3) is 0 Å². The average Bonchev–Trinajstić information content (AvgIpc) is 2.88. The van der Waals surface area contributed by atoms with E-state index in [0.29, 0.717) is 0 Å². The number of hydrogen-bond acceptors (Lipinski definition) is 4. The molecule has 0 bridgehead atoms. The van der Waals surface area contributed by atoms with Crippen LogP contribution in [0, 0.1) is 0 Å². The minimum Gasteiger partial charge on any atom is -0.330 e. The van der Waals surface area contributed by atoms with E-state index in [-0.39, 0.29) is 0 Å². The molecule has 94 valence electrons. The molecule has 6 heteroatoms. The van der Waals surface area contributed by atoms with Crippen LogP contribution in [0.25, 0.3) is 11.3 Å². The molecule has 1 aromatic carbocycles. The highest BCUT2D eigenvalue weighted by Gasteiger charge is 2.04. The topological polar surface area (TPSA) is 69.1 Å². The number of nitrogens with zero attached hydrogens (tertiary/aromatic N) is 4. The summed E-state index contributed by atoms with van der Waals surface area (Å²) in [6.45, 7) is 1.57. The van der Waals surface area contributed by atoms with Crippen LogP contribution in [0.5, 0.6) is 0 Å². The minimum absolute atomic E-state index is 0.718. The molecule has 5 nitrogen and oxygen atoms in total. The van der Waals surface area contributed by atoms with E-state index < -0.39 is 0 Å². The molecular formula is C12H16N5P. The summed E-state index contributed by atoms with van der Waals surface area (Å²) in [6, 6.07) is 7.82. The fourth-order valence-corrected chi connectivity index (χ4v) is 1.83. The van der Waals surface area contributed by atoms with E-state index in [0.717, 1.165) is 42.9 Å². The quantitative estimate of drug-likeness (QED) is 0.642. The third kappa shape index (κ3) is 3.22. The monoisotopic (exact) mass is 261 g/mol. The minimum atomic E-state index is 0.718. The smallest absolute Gasteiger partial charge is 0.113 e. The lowest BCUT2D eigenvalue weighted by Crippen LogP contribution is -2.03. The Kier molecular flexibility index (Phi) is 4.56. The molecule has 2 aromatic rings. The Morgan fingerprint density at radius 2 is 2.22 bits per heavy atom. The lowest BCUT2D eigenvalue weighted by molar-refractivity contribution is 0.544. The summed E-state index contributed by atoms with van der Waals surface area (Å²) < 4.78 is 5.81. The Balaban J connectivity index is 2.10. The van der Waals surface area contributed by atoms with Crippen LogP contribution < -0.4 is 5.73 Å². The van der Waals surface area contributed by atoms with Gasteiger partial charge < -0.3 is 5.73 Å². The molecule has 18 heavy (non-hydrogen) atoms. The summed E-state index contributed by atoms with van der Waals surface area (Å²) in [5.74, 6) is 0. The number of nitrogens with two attached hydrogens (primary N) is 1. The third-order valence-corrected chi connectivity index (χ3v) is 2.91. The molecule has 0 saturated heterocycles. The van der Waals surface area contributed by atoms with Gasteiger partial charge in [0.05, 0.1) is 11.9 Å². The molecule has 2 rings (SSSR count). The zero-order valence-corrected chi connectivity index (χ0v) is 11.1. The molecule has 0 amide bonds.